The smallest absolute Gasteiger partial charge is 0.168 e. The molecule has 0 spiro atoms. The molecule has 0 heterocycles. The van der Waals surface area contributed by atoms with Crippen LogP contribution in [0.3, 0.4) is 0 Å². The molecule has 2 aromatic rings. The van der Waals surface area contributed by atoms with Crippen LogP contribution in [0.25, 0.3) is 0 Å². The number of rotatable bonds is 4. The Morgan fingerprint density at radius 3 is 2.70 bits per heavy atom. The van der Waals surface area contributed by atoms with Crippen molar-refractivity contribution in [3.8, 4) is 5.75 Å². The average molecular weight is 295 g/mol. The van der Waals surface area contributed by atoms with E-state index in [1.54, 1.807) is 30.3 Å². The van der Waals surface area contributed by atoms with Gasteiger partial charge in [0.1, 0.15) is 0 Å². The normalized spacial score (nSPS) is 12.2. The maximum absolute atomic E-state index is 14.0. The lowest BCUT2D eigenvalue weighted by molar-refractivity contribution is 0.177. The topological polar surface area (TPSA) is 29.5 Å². The van der Waals surface area contributed by atoms with Crippen LogP contribution in [0.5, 0.6) is 5.75 Å². The molecule has 2 aromatic carbocycles. The third-order valence-corrected chi connectivity index (χ3v) is 3.67. The van der Waals surface area contributed by atoms with Crippen LogP contribution in [0.2, 0.25) is 5.02 Å². The Morgan fingerprint density at radius 2 is 2.05 bits per heavy atom. The van der Waals surface area contributed by atoms with Gasteiger partial charge in [-0.05, 0) is 35.7 Å². The van der Waals surface area contributed by atoms with E-state index in [1.165, 1.54) is 7.11 Å². The van der Waals surface area contributed by atoms with Gasteiger partial charge in [0.25, 0.3) is 0 Å². The van der Waals surface area contributed by atoms with E-state index in [9.17, 15) is 9.50 Å². The molecule has 0 saturated heterocycles. The Morgan fingerprint density at radius 1 is 1.30 bits per heavy atom. The summed E-state index contributed by atoms with van der Waals surface area (Å²) in [6, 6.07) is 10.2. The van der Waals surface area contributed by atoms with Gasteiger partial charge in [0, 0.05) is 11.4 Å². The van der Waals surface area contributed by atoms with Crippen molar-refractivity contribution in [2.45, 2.75) is 19.4 Å². The van der Waals surface area contributed by atoms with E-state index < -0.39 is 11.9 Å². The molecule has 0 fully saturated rings. The molecule has 0 aliphatic rings. The maximum atomic E-state index is 14.0. The minimum Gasteiger partial charge on any atom is -0.494 e. The van der Waals surface area contributed by atoms with E-state index in [1.807, 2.05) is 13.0 Å². The second-order valence-electron chi connectivity index (χ2n) is 4.66. The first-order valence-electron chi connectivity index (χ1n) is 6.28. The molecule has 0 aromatic heterocycles. The Balaban J connectivity index is 2.23. The van der Waals surface area contributed by atoms with Gasteiger partial charge in [-0.2, -0.15) is 0 Å². The quantitative estimate of drug-likeness (QED) is 0.921. The van der Waals surface area contributed by atoms with Crippen LogP contribution in [0.1, 0.15) is 22.8 Å². The summed E-state index contributed by atoms with van der Waals surface area (Å²) in [7, 11) is 1.42. The predicted molar refractivity (Wildman–Crippen MR) is 77.8 cm³/mol. The monoisotopic (exact) mass is 294 g/mol. The van der Waals surface area contributed by atoms with Gasteiger partial charge in [0.15, 0.2) is 11.6 Å². The number of aryl methyl sites for hydroxylation is 1. The molecule has 0 aliphatic carbocycles. The summed E-state index contributed by atoms with van der Waals surface area (Å²) < 4.78 is 19.0. The highest BCUT2D eigenvalue weighted by Crippen LogP contribution is 2.27. The standard InChI is InChI=1S/C16H16ClFO2/c1-10-8-11(6-7-13(10)17)14(19)9-12-4-3-5-15(20-2)16(12)18/h3-8,14,19H,9H2,1-2H3. The second-order valence-corrected chi connectivity index (χ2v) is 5.07. The summed E-state index contributed by atoms with van der Waals surface area (Å²) in [5.74, 6) is -0.248. The lowest BCUT2D eigenvalue weighted by atomic mass is 9.99. The van der Waals surface area contributed by atoms with E-state index in [4.69, 9.17) is 16.3 Å². The number of aliphatic hydroxyl groups excluding tert-OH is 1. The minimum atomic E-state index is -0.785. The summed E-state index contributed by atoms with van der Waals surface area (Å²) in [6.07, 6.45) is -0.600. The average Bonchev–Trinajstić information content (AvgIpc) is 2.44. The molecule has 106 valence electrons. The number of halogens is 2. The van der Waals surface area contributed by atoms with Crippen molar-refractivity contribution in [2.24, 2.45) is 0 Å². The van der Waals surface area contributed by atoms with Gasteiger partial charge in [-0.25, -0.2) is 4.39 Å². The Labute approximate surface area is 122 Å². The highest BCUT2D eigenvalue weighted by atomic mass is 35.5. The zero-order valence-corrected chi connectivity index (χ0v) is 12.1. The molecule has 0 radical (unpaired) electrons. The fourth-order valence-electron chi connectivity index (χ4n) is 2.07. The minimum absolute atomic E-state index is 0.182. The van der Waals surface area contributed by atoms with E-state index in [0.717, 1.165) is 5.56 Å². The summed E-state index contributed by atoms with van der Waals surface area (Å²) in [6.45, 7) is 1.87. The fourth-order valence-corrected chi connectivity index (χ4v) is 2.19. The molecule has 2 nitrogen and oxygen atoms in total. The fraction of sp³-hybridized carbons (Fsp3) is 0.250. The number of ether oxygens (including phenoxy) is 1. The summed E-state index contributed by atoms with van der Waals surface area (Å²) in [5.41, 5.74) is 2.02. The van der Waals surface area contributed by atoms with E-state index in [-0.39, 0.29) is 12.2 Å². The molecule has 1 unspecified atom stereocenters. The Hall–Kier alpha value is -1.58. The van der Waals surface area contributed by atoms with Crippen LogP contribution in [-0.4, -0.2) is 12.2 Å². The van der Waals surface area contributed by atoms with Crippen LogP contribution in [0, 0.1) is 12.7 Å². The number of methoxy groups -OCH3 is 1. The third-order valence-electron chi connectivity index (χ3n) is 3.24. The Kier molecular flexibility index (Phi) is 4.63. The molecular formula is C16H16ClFO2. The van der Waals surface area contributed by atoms with Crippen LogP contribution in [-0.2, 0) is 6.42 Å². The molecule has 0 saturated carbocycles. The van der Waals surface area contributed by atoms with Crippen molar-refractivity contribution >= 4 is 11.6 Å². The molecule has 0 amide bonds. The van der Waals surface area contributed by atoms with Crippen LogP contribution < -0.4 is 4.74 Å². The van der Waals surface area contributed by atoms with Gasteiger partial charge in [-0.15, -0.1) is 0 Å². The predicted octanol–water partition coefficient (Wildman–Crippen LogP) is 4.07. The van der Waals surface area contributed by atoms with Gasteiger partial charge in [0.05, 0.1) is 13.2 Å². The van der Waals surface area contributed by atoms with Crippen molar-refractivity contribution in [1.82, 2.24) is 0 Å². The SMILES string of the molecule is COc1cccc(CC(O)c2ccc(Cl)c(C)c2)c1F. The van der Waals surface area contributed by atoms with Gasteiger partial charge >= 0.3 is 0 Å². The van der Waals surface area contributed by atoms with E-state index in [0.29, 0.717) is 16.1 Å². The largest absolute Gasteiger partial charge is 0.494 e. The zero-order valence-electron chi connectivity index (χ0n) is 11.4. The molecule has 1 atom stereocenters. The van der Waals surface area contributed by atoms with E-state index in [2.05, 4.69) is 0 Å². The molecular weight excluding hydrogens is 279 g/mol. The molecule has 0 bridgehead atoms. The summed E-state index contributed by atoms with van der Waals surface area (Å²) in [5, 5.41) is 10.9. The van der Waals surface area contributed by atoms with Gasteiger partial charge < -0.3 is 9.84 Å². The lowest BCUT2D eigenvalue weighted by Crippen LogP contribution is -2.05. The van der Waals surface area contributed by atoms with Crippen LogP contribution in [0.4, 0.5) is 4.39 Å². The van der Waals surface area contributed by atoms with Gasteiger partial charge in [-0.1, -0.05) is 35.9 Å². The van der Waals surface area contributed by atoms with E-state index >= 15 is 0 Å². The summed E-state index contributed by atoms with van der Waals surface area (Å²) >= 11 is 5.95. The molecule has 20 heavy (non-hydrogen) atoms. The first-order chi connectivity index (χ1) is 9.52. The maximum Gasteiger partial charge on any atom is 0.168 e. The van der Waals surface area contributed by atoms with Crippen molar-refractivity contribution in [3.63, 3.8) is 0 Å². The molecule has 0 aliphatic heterocycles. The highest BCUT2D eigenvalue weighted by molar-refractivity contribution is 6.31. The summed E-state index contributed by atoms with van der Waals surface area (Å²) in [4.78, 5) is 0. The van der Waals surface area contributed by atoms with Crippen molar-refractivity contribution < 1.29 is 14.2 Å². The number of hydrogen-bond donors (Lipinski definition) is 1. The number of aliphatic hydroxyl groups is 1. The van der Waals surface area contributed by atoms with Crippen molar-refractivity contribution in [3.05, 3.63) is 63.9 Å². The first-order valence-corrected chi connectivity index (χ1v) is 6.66. The number of hydrogen-bond acceptors (Lipinski definition) is 2. The van der Waals surface area contributed by atoms with Gasteiger partial charge in [-0.3, -0.25) is 0 Å². The second kappa shape index (κ2) is 6.25. The lowest BCUT2D eigenvalue weighted by Gasteiger charge is -2.14. The first kappa shape index (κ1) is 14.8. The zero-order chi connectivity index (χ0) is 14.7. The van der Waals surface area contributed by atoms with Gasteiger partial charge in [0.2, 0.25) is 0 Å². The van der Waals surface area contributed by atoms with Crippen molar-refractivity contribution in [1.29, 1.82) is 0 Å². The highest BCUT2D eigenvalue weighted by Gasteiger charge is 2.15. The molecule has 2 rings (SSSR count). The van der Waals surface area contributed by atoms with Crippen LogP contribution >= 0.6 is 11.6 Å². The Bertz CT molecular complexity index is 613. The number of benzene rings is 2. The third kappa shape index (κ3) is 3.11. The molecule has 1 N–H and O–H groups in total. The van der Waals surface area contributed by atoms with Crippen molar-refractivity contribution in [2.75, 3.05) is 7.11 Å². The van der Waals surface area contributed by atoms with Crippen LogP contribution in [0.15, 0.2) is 36.4 Å². The molecule has 4 heteroatoms.